The molecule has 0 aliphatic rings. The normalized spacial score (nSPS) is 10.9. The minimum Gasteiger partial charge on any atom is -0.310 e. The molecule has 0 N–H and O–H groups in total. The van der Waals surface area contributed by atoms with Gasteiger partial charge in [0, 0.05) is 37.2 Å². The van der Waals surface area contributed by atoms with Gasteiger partial charge in [-0.2, -0.15) is 0 Å². The lowest BCUT2D eigenvalue weighted by molar-refractivity contribution is 1.29. The second-order valence-electron chi connectivity index (χ2n) is 12.0. The summed E-state index contributed by atoms with van der Waals surface area (Å²) in [6.07, 6.45) is 0. The van der Waals surface area contributed by atoms with E-state index in [-0.39, 0.29) is 0 Å². The molecule has 0 spiro atoms. The standard InChI is InChI=1S/C31H23NS.C14H14/c1-22-11-13-23(14-12-22)24-15-17-26(18-16-24)32(25-7-3-2-4-8-25)27-19-20-31-29(21-27)28-9-5-6-10-30(28)33-31;1-11-7-3-5-9-13(11)14-10-6-4-8-12(14)2/h2-21H,1H3;3-10H,1-2H3. The Bertz CT molecular complexity index is 2220. The predicted octanol–water partition coefficient (Wildman–Crippen LogP) is 13.5. The van der Waals surface area contributed by atoms with Gasteiger partial charge in [-0.1, -0.05) is 127 Å². The molecule has 7 aromatic carbocycles. The van der Waals surface area contributed by atoms with Gasteiger partial charge < -0.3 is 4.90 Å². The van der Waals surface area contributed by atoms with Gasteiger partial charge in [0.25, 0.3) is 0 Å². The van der Waals surface area contributed by atoms with Crippen molar-refractivity contribution in [2.24, 2.45) is 0 Å². The molecule has 0 aliphatic carbocycles. The van der Waals surface area contributed by atoms with Crippen molar-refractivity contribution in [3.8, 4) is 22.3 Å². The number of benzene rings is 7. The van der Waals surface area contributed by atoms with Crippen LogP contribution in [0, 0.1) is 20.8 Å². The molecule has 0 saturated heterocycles. The van der Waals surface area contributed by atoms with Gasteiger partial charge >= 0.3 is 0 Å². The zero-order valence-electron chi connectivity index (χ0n) is 27.0. The summed E-state index contributed by atoms with van der Waals surface area (Å²) < 4.78 is 2.65. The third kappa shape index (κ3) is 6.47. The van der Waals surface area contributed by atoms with Crippen molar-refractivity contribution in [1.82, 2.24) is 0 Å². The second-order valence-corrected chi connectivity index (χ2v) is 13.1. The summed E-state index contributed by atoms with van der Waals surface area (Å²) in [6.45, 7) is 6.43. The van der Waals surface area contributed by atoms with Crippen molar-refractivity contribution in [2.45, 2.75) is 20.8 Å². The number of hydrogen-bond acceptors (Lipinski definition) is 2. The molecule has 0 unspecified atom stereocenters. The number of nitrogens with zero attached hydrogens (tertiary/aromatic N) is 1. The summed E-state index contributed by atoms with van der Waals surface area (Å²) in [7, 11) is 0. The van der Waals surface area contributed by atoms with Crippen molar-refractivity contribution in [1.29, 1.82) is 0 Å². The molecule has 0 aliphatic heterocycles. The third-order valence-corrected chi connectivity index (χ3v) is 9.88. The Morgan fingerprint density at radius 2 is 0.872 bits per heavy atom. The molecule has 0 saturated carbocycles. The fraction of sp³-hybridized carbons (Fsp3) is 0.0667. The van der Waals surface area contributed by atoms with Gasteiger partial charge in [0.05, 0.1) is 0 Å². The molecule has 8 aromatic rings. The van der Waals surface area contributed by atoms with Crippen LogP contribution in [0.25, 0.3) is 42.4 Å². The van der Waals surface area contributed by atoms with Crippen LogP contribution in [0.5, 0.6) is 0 Å². The molecule has 1 aromatic heterocycles. The zero-order valence-corrected chi connectivity index (χ0v) is 27.8. The quantitative estimate of drug-likeness (QED) is 0.184. The first-order valence-electron chi connectivity index (χ1n) is 16.1. The summed E-state index contributed by atoms with van der Waals surface area (Å²) in [4.78, 5) is 2.34. The van der Waals surface area contributed by atoms with E-state index in [1.54, 1.807) is 0 Å². The summed E-state index contributed by atoms with van der Waals surface area (Å²) in [5, 5.41) is 2.63. The first-order chi connectivity index (χ1) is 23.0. The molecule has 0 bridgehead atoms. The van der Waals surface area contributed by atoms with Crippen LogP contribution in [-0.2, 0) is 0 Å². The Kier molecular flexibility index (Phi) is 8.68. The summed E-state index contributed by atoms with van der Waals surface area (Å²) >= 11 is 1.86. The van der Waals surface area contributed by atoms with Crippen LogP contribution in [0.2, 0.25) is 0 Å². The van der Waals surface area contributed by atoms with Crippen LogP contribution in [0.1, 0.15) is 16.7 Å². The van der Waals surface area contributed by atoms with Gasteiger partial charge in [0.1, 0.15) is 0 Å². The number of fused-ring (bicyclic) bond motifs is 3. The van der Waals surface area contributed by atoms with Crippen LogP contribution in [0.3, 0.4) is 0 Å². The molecule has 1 heterocycles. The van der Waals surface area contributed by atoms with Gasteiger partial charge in [-0.25, -0.2) is 0 Å². The van der Waals surface area contributed by atoms with E-state index in [0.29, 0.717) is 0 Å². The van der Waals surface area contributed by atoms with E-state index in [1.807, 2.05) is 11.3 Å². The number of anilines is 3. The number of aryl methyl sites for hydroxylation is 3. The van der Waals surface area contributed by atoms with Gasteiger partial charge in [0.2, 0.25) is 0 Å². The largest absolute Gasteiger partial charge is 0.310 e. The van der Waals surface area contributed by atoms with E-state index < -0.39 is 0 Å². The van der Waals surface area contributed by atoms with E-state index in [9.17, 15) is 0 Å². The molecule has 0 fully saturated rings. The first-order valence-corrected chi connectivity index (χ1v) is 16.9. The van der Waals surface area contributed by atoms with Crippen LogP contribution in [0.15, 0.2) is 170 Å². The molecule has 1 nitrogen and oxygen atoms in total. The zero-order chi connectivity index (χ0) is 32.2. The highest BCUT2D eigenvalue weighted by atomic mass is 32.1. The highest BCUT2D eigenvalue weighted by Gasteiger charge is 2.15. The van der Waals surface area contributed by atoms with E-state index in [4.69, 9.17) is 0 Å². The van der Waals surface area contributed by atoms with E-state index >= 15 is 0 Å². The maximum atomic E-state index is 2.34. The maximum Gasteiger partial charge on any atom is 0.0468 e. The summed E-state index contributed by atoms with van der Waals surface area (Å²) in [5.74, 6) is 0. The van der Waals surface area contributed by atoms with Crippen LogP contribution >= 0.6 is 11.3 Å². The van der Waals surface area contributed by atoms with Crippen molar-refractivity contribution in [3.05, 3.63) is 187 Å². The average molecular weight is 624 g/mol. The summed E-state index contributed by atoms with van der Waals surface area (Å²) in [5.41, 5.74) is 12.6. The number of rotatable bonds is 5. The van der Waals surface area contributed by atoms with Crippen molar-refractivity contribution in [3.63, 3.8) is 0 Å². The topological polar surface area (TPSA) is 3.24 Å². The third-order valence-electron chi connectivity index (χ3n) is 8.72. The van der Waals surface area contributed by atoms with Crippen LogP contribution in [-0.4, -0.2) is 0 Å². The minimum atomic E-state index is 1.15. The second kappa shape index (κ2) is 13.5. The predicted molar refractivity (Wildman–Crippen MR) is 206 cm³/mol. The maximum absolute atomic E-state index is 2.34. The van der Waals surface area contributed by atoms with Gasteiger partial charge in [-0.3, -0.25) is 0 Å². The Morgan fingerprint density at radius 1 is 0.383 bits per heavy atom. The molecular weight excluding hydrogens is 587 g/mol. The highest BCUT2D eigenvalue weighted by molar-refractivity contribution is 7.25. The Balaban J connectivity index is 0.000000210. The fourth-order valence-corrected chi connectivity index (χ4v) is 7.26. The van der Waals surface area contributed by atoms with E-state index in [2.05, 4.69) is 196 Å². The lowest BCUT2D eigenvalue weighted by Gasteiger charge is -2.25. The Morgan fingerprint density at radius 3 is 1.51 bits per heavy atom. The lowest BCUT2D eigenvalue weighted by atomic mass is 9.97. The molecule has 0 amide bonds. The smallest absolute Gasteiger partial charge is 0.0468 e. The van der Waals surface area contributed by atoms with Gasteiger partial charge in [0.15, 0.2) is 0 Å². The van der Waals surface area contributed by atoms with Crippen molar-refractivity contribution in [2.75, 3.05) is 4.90 Å². The monoisotopic (exact) mass is 623 g/mol. The highest BCUT2D eigenvalue weighted by Crippen LogP contribution is 2.40. The molecule has 0 radical (unpaired) electrons. The first kappa shape index (κ1) is 30.2. The van der Waals surface area contributed by atoms with Crippen LogP contribution < -0.4 is 4.90 Å². The van der Waals surface area contributed by atoms with Gasteiger partial charge in [-0.05, 0) is 103 Å². The number of hydrogen-bond donors (Lipinski definition) is 0. The molecule has 228 valence electrons. The van der Waals surface area contributed by atoms with Gasteiger partial charge in [-0.15, -0.1) is 11.3 Å². The molecular formula is C45H37NS. The SMILES string of the molecule is Cc1ccc(-c2ccc(N(c3ccccc3)c3ccc4sc5ccccc5c4c3)cc2)cc1.Cc1ccccc1-c1ccccc1C. The lowest BCUT2D eigenvalue weighted by Crippen LogP contribution is -2.09. The molecule has 2 heteroatoms. The fourth-order valence-electron chi connectivity index (χ4n) is 6.18. The Labute approximate surface area is 282 Å². The Hall–Kier alpha value is -5.44. The number of thiophene rings is 1. The summed E-state index contributed by atoms with van der Waals surface area (Å²) in [6, 6.07) is 60.7. The average Bonchev–Trinajstić information content (AvgIpc) is 3.49. The molecule has 0 atom stereocenters. The van der Waals surface area contributed by atoms with Crippen LogP contribution in [0.4, 0.5) is 17.1 Å². The van der Waals surface area contributed by atoms with E-state index in [1.165, 1.54) is 64.8 Å². The molecule has 47 heavy (non-hydrogen) atoms. The number of para-hydroxylation sites is 1. The minimum absolute atomic E-state index is 1.15. The van der Waals surface area contributed by atoms with Crippen molar-refractivity contribution >= 4 is 48.6 Å². The molecule has 8 rings (SSSR count). The van der Waals surface area contributed by atoms with Crippen molar-refractivity contribution < 1.29 is 0 Å². The van der Waals surface area contributed by atoms with E-state index in [0.717, 1.165) is 11.4 Å².